The lowest BCUT2D eigenvalue weighted by molar-refractivity contribution is -0.310. The highest BCUT2D eigenvalue weighted by atomic mass is 16.7. The molecule has 0 aromatic carbocycles. The minimum atomic E-state index is -1.59. The Labute approximate surface area is 103 Å². The van der Waals surface area contributed by atoms with E-state index in [1.165, 1.54) is 0 Å². The van der Waals surface area contributed by atoms with Gasteiger partial charge in [-0.1, -0.05) is 6.92 Å². The first-order valence-corrected chi connectivity index (χ1v) is 5.61. The molecular formula is C10H18O8. The molecule has 8 nitrogen and oxygen atoms in total. The largest absolute Gasteiger partial charge is 0.479 e. The molecule has 1 heterocycles. The lowest BCUT2D eigenvalue weighted by atomic mass is 9.99. The SMILES string of the molecule is CC[C@H](O[C@H]1OC(CO)[C@@H](O)[C@H](O)C1O)C(=O)O. The van der Waals surface area contributed by atoms with Gasteiger partial charge in [-0.15, -0.1) is 0 Å². The number of carboxylic acids is 1. The molecule has 1 aliphatic rings. The number of carbonyl (C=O) groups is 1. The van der Waals surface area contributed by atoms with Crippen LogP contribution in [0.25, 0.3) is 0 Å². The Hall–Kier alpha value is -0.770. The molecule has 5 N–H and O–H groups in total. The summed E-state index contributed by atoms with van der Waals surface area (Å²) in [7, 11) is 0. The van der Waals surface area contributed by atoms with Gasteiger partial charge in [0.1, 0.15) is 24.4 Å². The van der Waals surface area contributed by atoms with Gasteiger partial charge in [0.2, 0.25) is 0 Å². The van der Waals surface area contributed by atoms with Crippen LogP contribution < -0.4 is 0 Å². The average molecular weight is 266 g/mol. The molecule has 1 aliphatic heterocycles. The van der Waals surface area contributed by atoms with E-state index in [4.69, 9.17) is 19.7 Å². The zero-order valence-electron chi connectivity index (χ0n) is 9.84. The summed E-state index contributed by atoms with van der Waals surface area (Å²) < 4.78 is 10.0. The summed E-state index contributed by atoms with van der Waals surface area (Å²) in [6, 6.07) is 0. The van der Waals surface area contributed by atoms with E-state index in [1.807, 2.05) is 0 Å². The van der Waals surface area contributed by atoms with E-state index in [-0.39, 0.29) is 6.42 Å². The molecule has 0 aromatic rings. The second-order valence-electron chi connectivity index (χ2n) is 4.07. The fourth-order valence-corrected chi connectivity index (χ4v) is 1.67. The summed E-state index contributed by atoms with van der Waals surface area (Å²) in [6.45, 7) is 0.984. The molecule has 1 fully saturated rings. The van der Waals surface area contributed by atoms with E-state index in [0.29, 0.717) is 0 Å². The minimum Gasteiger partial charge on any atom is -0.479 e. The third kappa shape index (κ3) is 3.16. The molecule has 1 saturated heterocycles. The molecule has 1 rings (SSSR count). The zero-order chi connectivity index (χ0) is 13.9. The van der Waals surface area contributed by atoms with Crippen LogP contribution in [-0.2, 0) is 14.3 Å². The number of hydrogen-bond donors (Lipinski definition) is 5. The molecule has 0 radical (unpaired) electrons. The van der Waals surface area contributed by atoms with Gasteiger partial charge in [0.05, 0.1) is 6.61 Å². The van der Waals surface area contributed by atoms with Crippen LogP contribution in [0.4, 0.5) is 0 Å². The summed E-state index contributed by atoms with van der Waals surface area (Å²) in [5.74, 6) is -1.23. The first kappa shape index (κ1) is 15.3. The summed E-state index contributed by atoms with van der Waals surface area (Å²) in [4.78, 5) is 10.8. The number of carboxylic acid groups (broad SMARTS) is 1. The molecule has 106 valence electrons. The van der Waals surface area contributed by atoms with Gasteiger partial charge < -0.3 is 35.0 Å². The van der Waals surface area contributed by atoms with Crippen molar-refractivity contribution in [1.82, 2.24) is 0 Å². The second kappa shape index (κ2) is 6.41. The lowest BCUT2D eigenvalue weighted by Crippen LogP contribution is -2.60. The summed E-state index contributed by atoms with van der Waals surface area (Å²) >= 11 is 0. The van der Waals surface area contributed by atoms with Crippen molar-refractivity contribution in [2.45, 2.75) is 50.2 Å². The van der Waals surface area contributed by atoms with Crippen molar-refractivity contribution < 1.29 is 39.8 Å². The second-order valence-corrected chi connectivity index (χ2v) is 4.07. The fraction of sp³-hybridized carbons (Fsp3) is 0.900. The molecule has 0 saturated carbocycles. The number of aliphatic hydroxyl groups excluding tert-OH is 4. The van der Waals surface area contributed by atoms with Crippen molar-refractivity contribution in [3.63, 3.8) is 0 Å². The molecule has 0 amide bonds. The molecule has 0 aromatic heterocycles. The molecular weight excluding hydrogens is 248 g/mol. The smallest absolute Gasteiger partial charge is 0.332 e. The predicted octanol–water partition coefficient (Wildman–Crippen LogP) is -2.33. The van der Waals surface area contributed by atoms with Crippen LogP contribution in [0, 0.1) is 0 Å². The Morgan fingerprint density at radius 1 is 1.28 bits per heavy atom. The topological polar surface area (TPSA) is 137 Å². The lowest BCUT2D eigenvalue weighted by Gasteiger charge is -2.40. The van der Waals surface area contributed by atoms with Crippen molar-refractivity contribution in [2.75, 3.05) is 6.61 Å². The van der Waals surface area contributed by atoms with Crippen LogP contribution in [0.3, 0.4) is 0 Å². The quantitative estimate of drug-likeness (QED) is 0.373. The van der Waals surface area contributed by atoms with E-state index in [2.05, 4.69) is 0 Å². The Kier molecular flexibility index (Phi) is 5.45. The van der Waals surface area contributed by atoms with E-state index in [0.717, 1.165) is 0 Å². The molecule has 18 heavy (non-hydrogen) atoms. The molecule has 0 bridgehead atoms. The first-order chi connectivity index (χ1) is 8.42. The Balaban J connectivity index is 2.72. The van der Waals surface area contributed by atoms with Gasteiger partial charge in [0.25, 0.3) is 0 Å². The van der Waals surface area contributed by atoms with Crippen molar-refractivity contribution in [3.8, 4) is 0 Å². The Morgan fingerprint density at radius 2 is 1.89 bits per heavy atom. The monoisotopic (exact) mass is 266 g/mol. The van der Waals surface area contributed by atoms with Crippen molar-refractivity contribution >= 4 is 5.97 Å². The molecule has 2 unspecified atom stereocenters. The highest BCUT2D eigenvalue weighted by molar-refractivity contribution is 5.72. The predicted molar refractivity (Wildman–Crippen MR) is 56.6 cm³/mol. The van der Waals surface area contributed by atoms with Gasteiger partial charge in [-0.25, -0.2) is 4.79 Å². The number of ether oxygens (including phenoxy) is 2. The summed E-state index contributed by atoms with van der Waals surface area (Å²) in [5.41, 5.74) is 0. The van der Waals surface area contributed by atoms with Crippen molar-refractivity contribution in [2.24, 2.45) is 0 Å². The minimum absolute atomic E-state index is 0.143. The third-order valence-corrected chi connectivity index (χ3v) is 2.79. The normalized spacial score (nSPS) is 38.4. The van der Waals surface area contributed by atoms with Gasteiger partial charge in [-0.05, 0) is 6.42 Å². The third-order valence-electron chi connectivity index (χ3n) is 2.79. The van der Waals surface area contributed by atoms with Gasteiger partial charge in [0.15, 0.2) is 12.4 Å². The maximum absolute atomic E-state index is 10.8. The average Bonchev–Trinajstić information content (AvgIpc) is 2.35. The van der Waals surface area contributed by atoms with E-state index < -0.39 is 49.4 Å². The van der Waals surface area contributed by atoms with Crippen LogP contribution in [0.1, 0.15) is 13.3 Å². The maximum Gasteiger partial charge on any atom is 0.332 e. The molecule has 0 aliphatic carbocycles. The number of aliphatic hydroxyl groups is 4. The molecule has 6 atom stereocenters. The van der Waals surface area contributed by atoms with Gasteiger partial charge in [0, 0.05) is 0 Å². The van der Waals surface area contributed by atoms with Crippen molar-refractivity contribution in [1.29, 1.82) is 0 Å². The first-order valence-electron chi connectivity index (χ1n) is 5.61. The maximum atomic E-state index is 10.8. The van der Waals surface area contributed by atoms with Crippen LogP contribution in [-0.4, -0.2) is 74.9 Å². The number of rotatable bonds is 5. The highest BCUT2D eigenvalue weighted by Gasteiger charge is 2.45. The number of hydrogen-bond acceptors (Lipinski definition) is 7. The van der Waals surface area contributed by atoms with Crippen LogP contribution >= 0.6 is 0 Å². The van der Waals surface area contributed by atoms with Gasteiger partial charge >= 0.3 is 5.97 Å². The summed E-state index contributed by atoms with van der Waals surface area (Å²) in [5, 5.41) is 46.3. The summed E-state index contributed by atoms with van der Waals surface area (Å²) in [6.07, 6.45) is -8.24. The van der Waals surface area contributed by atoms with Crippen LogP contribution in [0.5, 0.6) is 0 Å². The van der Waals surface area contributed by atoms with Crippen LogP contribution in [0.15, 0.2) is 0 Å². The molecule has 8 heteroatoms. The fourth-order valence-electron chi connectivity index (χ4n) is 1.67. The van der Waals surface area contributed by atoms with E-state index in [1.54, 1.807) is 6.92 Å². The standard InChI is InChI=1S/C10H18O8/c1-2-4(9(15)16)17-10-8(14)7(13)6(12)5(3-11)18-10/h4-8,10-14H,2-3H2,1H3,(H,15,16)/t4-,5?,6+,7-,8?,10-/m0/s1. The molecule has 0 spiro atoms. The Bertz CT molecular complexity index is 281. The van der Waals surface area contributed by atoms with E-state index >= 15 is 0 Å². The highest BCUT2D eigenvalue weighted by Crippen LogP contribution is 2.23. The van der Waals surface area contributed by atoms with Crippen molar-refractivity contribution in [3.05, 3.63) is 0 Å². The van der Waals surface area contributed by atoms with E-state index in [9.17, 15) is 20.1 Å². The zero-order valence-corrected chi connectivity index (χ0v) is 9.84. The Morgan fingerprint density at radius 3 is 2.33 bits per heavy atom. The van der Waals surface area contributed by atoms with Gasteiger partial charge in [-0.3, -0.25) is 0 Å². The van der Waals surface area contributed by atoms with Gasteiger partial charge in [-0.2, -0.15) is 0 Å². The number of aliphatic carboxylic acids is 1. The van der Waals surface area contributed by atoms with Crippen LogP contribution in [0.2, 0.25) is 0 Å².